The van der Waals surface area contributed by atoms with Crippen LogP contribution in [0.4, 0.5) is 11.5 Å². The van der Waals surface area contributed by atoms with Gasteiger partial charge < -0.3 is 15.3 Å². The number of aromatic nitrogens is 3. The predicted molar refractivity (Wildman–Crippen MR) is 125 cm³/mol. The van der Waals surface area contributed by atoms with Crippen LogP contribution in [0.2, 0.25) is 5.02 Å². The molecule has 2 N–H and O–H groups in total. The molecule has 2 aromatic heterocycles. The van der Waals surface area contributed by atoms with Crippen molar-refractivity contribution in [2.24, 2.45) is 11.8 Å². The molecule has 4 heterocycles. The van der Waals surface area contributed by atoms with E-state index in [1.807, 2.05) is 0 Å². The SMILES string of the molecule is O=S1CCc2nc(N3CC4CC(c5ncc(Cl)cn5)CC4C3)cc(NC3(CO)CCC3)c21. The minimum atomic E-state index is -1.01. The van der Waals surface area contributed by atoms with E-state index >= 15 is 0 Å². The van der Waals surface area contributed by atoms with Crippen molar-refractivity contribution in [3.05, 3.63) is 35.0 Å². The molecule has 0 spiro atoms. The number of nitrogens with zero attached hydrogens (tertiary/aromatic N) is 4. The highest BCUT2D eigenvalue weighted by atomic mass is 35.5. The molecular weight excluding hydrogens is 446 g/mol. The van der Waals surface area contributed by atoms with Gasteiger partial charge in [-0.2, -0.15) is 0 Å². The quantitative estimate of drug-likeness (QED) is 0.689. The van der Waals surface area contributed by atoms with Crippen molar-refractivity contribution in [2.45, 2.75) is 54.9 Å². The fourth-order valence-electron chi connectivity index (χ4n) is 5.98. The number of hydrogen-bond acceptors (Lipinski definition) is 7. The Hall–Kier alpha value is -1.77. The number of aryl methyl sites for hydroxylation is 1. The van der Waals surface area contributed by atoms with Gasteiger partial charge >= 0.3 is 0 Å². The fraction of sp³-hybridized carbons (Fsp3) is 0.609. The second kappa shape index (κ2) is 7.92. The lowest BCUT2D eigenvalue weighted by atomic mass is 9.77. The molecule has 7 nitrogen and oxygen atoms in total. The van der Waals surface area contributed by atoms with E-state index < -0.39 is 10.8 Å². The van der Waals surface area contributed by atoms with Crippen LogP contribution in [0.5, 0.6) is 0 Å². The van der Waals surface area contributed by atoms with Crippen LogP contribution in [-0.2, 0) is 17.2 Å². The second-order valence-electron chi connectivity index (χ2n) is 9.87. The third kappa shape index (κ3) is 3.51. The summed E-state index contributed by atoms with van der Waals surface area (Å²) >= 11 is 5.95. The summed E-state index contributed by atoms with van der Waals surface area (Å²) in [5.74, 6) is 4.15. The molecule has 1 saturated heterocycles. The van der Waals surface area contributed by atoms with Crippen molar-refractivity contribution in [1.82, 2.24) is 15.0 Å². The van der Waals surface area contributed by atoms with E-state index in [0.29, 0.717) is 28.5 Å². The molecule has 2 aliphatic carbocycles. The summed E-state index contributed by atoms with van der Waals surface area (Å²) < 4.78 is 12.7. The Labute approximate surface area is 195 Å². The van der Waals surface area contributed by atoms with Gasteiger partial charge in [-0.1, -0.05) is 11.6 Å². The zero-order valence-corrected chi connectivity index (χ0v) is 19.5. The molecule has 0 aromatic carbocycles. The topological polar surface area (TPSA) is 91.2 Å². The van der Waals surface area contributed by atoms with Crippen LogP contribution >= 0.6 is 11.6 Å². The van der Waals surface area contributed by atoms with E-state index in [-0.39, 0.29) is 12.1 Å². The molecule has 0 bridgehead atoms. The van der Waals surface area contributed by atoms with Crippen molar-refractivity contribution in [3.63, 3.8) is 0 Å². The van der Waals surface area contributed by atoms with E-state index in [2.05, 4.69) is 26.3 Å². The van der Waals surface area contributed by atoms with Crippen molar-refractivity contribution in [2.75, 3.05) is 35.7 Å². The number of fused-ring (bicyclic) bond motifs is 2. The van der Waals surface area contributed by atoms with Gasteiger partial charge in [0.15, 0.2) is 0 Å². The number of anilines is 2. The molecular formula is C23H28ClN5O2S. The lowest BCUT2D eigenvalue weighted by molar-refractivity contribution is 0.144. The standard InChI is InChI=1S/C23H28ClN5O2S/c24-17-9-25-22(26-10-17)14-6-15-11-29(12-16(15)7-14)20-8-19(28-23(13-30)3-1-4-23)21-18(27-20)2-5-32(21)31/h8-10,14-16,30H,1-7,11-13H2,(H,27,28). The summed E-state index contributed by atoms with van der Waals surface area (Å²) in [6.45, 7) is 2.07. The van der Waals surface area contributed by atoms with Crippen LogP contribution in [0.15, 0.2) is 23.4 Å². The Kier molecular flexibility index (Phi) is 5.15. The Morgan fingerprint density at radius 1 is 1.22 bits per heavy atom. The first-order valence-electron chi connectivity index (χ1n) is 11.6. The maximum atomic E-state index is 12.7. The molecule has 0 radical (unpaired) electrons. The lowest BCUT2D eigenvalue weighted by Gasteiger charge is -2.42. The summed E-state index contributed by atoms with van der Waals surface area (Å²) in [7, 11) is -1.01. The molecule has 0 amide bonds. The Balaban J connectivity index is 1.22. The fourth-order valence-corrected chi connectivity index (χ4v) is 7.43. The van der Waals surface area contributed by atoms with E-state index in [0.717, 1.165) is 79.5 Å². The number of pyridine rings is 1. The monoisotopic (exact) mass is 473 g/mol. The molecule has 2 aliphatic heterocycles. The van der Waals surface area contributed by atoms with Gasteiger partial charge in [-0.25, -0.2) is 15.0 Å². The zero-order chi connectivity index (χ0) is 21.9. The average molecular weight is 474 g/mol. The minimum absolute atomic E-state index is 0.105. The van der Waals surface area contributed by atoms with Crippen molar-refractivity contribution in [3.8, 4) is 0 Å². The maximum Gasteiger partial charge on any atom is 0.131 e. The highest BCUT2D eigenvalue weighted by molar-refractivity contribution is 7.85. The molecule has 170 valence electrons. The van der Waals surface area contributed by atoms with E-state index in [1.165, 1.54) is 0 Å². The summed E-state index contributed by atoms with van der Waals surface area (Å²) in [6, 6.07) is 2.08. The van der Waals surface area contributed by atoms with Gasteiger partial charge in [-0.15, -0.1) is 0 Å². The summed E-state index contributed by atoms with van der Waals surface area (Å²) in [6.07, 6.45) is 9.34. The first-order chi connectivity index (χ1) is 15.5. The van der Waals surface area contributed by atoms with Crippen molar-refractivity contribution >= 4 is 33.9 Å². The molecule has 2 saturated carbocycles. The molecule has 3 fully saturated rings. The van der Waals surface area contributed by atoms with Gasteiger partial charge in [0.05, 0.1) is 44.2 Å². The van der Waals surface area contributed by atoms with Crippen LogP contribution < -0.4 is 10.2 Å². The average Bonchev–Trinajstić information content (AvgIpc) is 3.44. The van der Waals surface area contributed by atoms with Gasteiger partial charge in [-0.05, 0) is 43.9 Å². The third-order valence-corrected chi connectivity index (χ3v) is 9.56. The van der Waals surface area contributed by atoms with Crippen molar-refractivity contribution in [1.29, 1.82) is 0 Å². The summed E-state index contributed by atoms with van der Waals surface area (Å²) in [5, 5.41) is 14.1. The molecule has 9 heteroatoms. The molecule has 6 rings (SSSR count). The first kappa shape index (κ1) is 20.8. The van der Waals surface area contributed by atoms with Gasteiger partial charge in [0.25, 0.3) is 0 Å². The Morgan fingerprint density at radius 3 is 2.56 bits per heavy atom. The van der Waals surface area contributed by atoms with Gasteiger partial charge in [0, 0.05) is 49.6 Å². The maximum absolute atomic E-state index is 12.7. The van der Waals surface area contributed by atoms with Crippen molar-refractivity contribution < 1.29 is 9.32 Å². The highest BCUT2D eigenvalue weighted by Crippen LogP contribution is 2.47. The molecule has 4 aliphatic rings. The minimum Gasteiger partial charge on any atom is -0.394 e. The number of halogens is 1. The van der Waals surface area contributed by atoms with E-state index in [9.17, 15) is 9.32 Å². The van der Waals surface area contributed by atoms with E-state index in [1.54, 1.807) is 12.4 Å². The van der Waals surface area contributed by atoms with Gasteiger partial charge in [0.1, 0.15) is 11.6 Å². The Morgan fingerprint density at radius 2 is 1.94 bits per heavy atom. The molecule has 3 atom stereocenters. The number of hydrogen-bond donors (Lipinski definition) is 2. The second-order valence-corrected chi connectivity index (χ2v) is 11.8. The molecule has 2 aromatic rings. The largest absolute Gasteiger partial charge is 0.394 e. The van der Waals surface area contributed by atoms with Gasteiger partial charge in [0.2, 0.25) is 0 Å². The number of nitrogens with one attached hydrogen (secondary N) is 1. The van der Waals surface area contributed by atoms with Crippen LogP contribution in [0.1, 0.15) is 49.5 Å². The molecule has 3 unspecified atom stereocenters. The predicted octanol–water partition coefficient (Wildman–Crippen LogP) is 3.15. The normalized spacial score (nSPS) is 30.1. The summed E-state index contributed by atoms with van der Waals surface area (Å²) in [5.41, 5.74) is 1.60. The van der Waals surface area contributed by atoms with Crippen LogP contribution in [0.25, 0.3) is 0 Å². The van der Waals surface area contributed by atoms with Crippen LogP contribution in [0.3, 0.4) is 0 Å². The highest BCUT2D eigenvalue weighted by Gasteiger charge is 2.43. The lowest BCUT2D eigenvalue weighted by Crippen LogP contribution is -2.48. The molecule has 32 heavy (non-hydrogen) atoms. The van der Waals surface area contributed by atoms with E-state index in [4.69, 9.17) is 16.6 Å². The first-order valence-corrected chi connectivity index (χ1v) is 13.3. The summed E-state index contributed by atoms with van der Waals surface area (Å²) in [4.78, 5) is 17.1. The Bertz CT molecular complexity index is 1040. The smallest absolute Gasteiger partial charge is 0.131 e. The van der Waals surface area contributed by atoms with Crippen LogP contribution in [-0.4, -0.2) is 55.3 Å². The van der Waals surface area contributed by atoms with Crippen LogP contribution in [0, 0.1) is 11.8 Å². The number of aliphatic hydroxyl groups is 1. The number of rotatable bonds is 5. The zero-order valence-electron chi connectivity index (χ0n) is 18.0. The van der Waals surface area contributed by atoms with Gasteiger partial charge in [-0.3, -0.25) is 4.21 Å². The number of aliphatic hydroxyl groups excluding tert-OH is 1. The third-order valence-electron chi connectivity index (χ3n) is 7.88.